The minimum atomic E-state index is -4.52. The van der Waals surface area contributed by atoms with Gasteiger partial charge in [-0.3, -0.25) is 9.59 Å². The van der Waals surface area contributed by atoms with E-state index >= 15 is 0 Å². The first-order chi connectivity index (χ1) is 14.6. The number of nitrogens with zero attached hydrogens (tertiary/aromatic N) is 1. The van der Waals surface area contributed by atoms with Gasteiger partial charge in [0.15, 0.2) is 5.43 Å². The molecule has 0 aliphatic carbocycles. The fraction of sp³-hybridized carbons (Fsp3) is 0.0909. The van der Waals surface area contributed by atoms with Gasteiger partial charge < -0.3 is 9.67 Å². The van der Waals surface area contributed by atoms with Crippen molar-refractivity contribution in [2.75, 3.05) is 0 Å². The second-order valence-electron chi connectivity index (χ2n) is 6.88. The van der Waals surface area contributed by atoms with Gasteiger partial charge in [-0.15, -0.1) is 0 Å². The number of alkyl halides is 3. The maximum Gasteiger partial charge on any atom is 0.416 e. The summed E-state index contributed by atoms with van der Waals surface area (Å²) >= 11 is 12.4. The SMILES string of the molecule is O=C(O)Cn1c2cc(-c3cccc(C(F)(F)F)c3)ccc2c(=O)c2ccc(Cl)c(Cl)c21. The van der Waals surface area contributed by atoms with Crippen LogP contribution in [0.25, 0.3) is 32.9 Å². The van der Waals surface area contributed by atoms with Crippen LogP contribution >= 0.6 is 23.2 Å². The zero-order valence-electron chi connectivity index (χ0n) is 15.5. The Balaban J connectivity index is 2.08. The van der Waals surface area contributed by atoms with Crippen LogP contribution in [0.4, 0.5) is 13.2 Å². The molecule has 0 aliphatic heterocycles. The van der Waals surface area contributed by atoms with Crippen LogP contribution in [0.5, 0.6) is 0 Å². The van der Waals surface area contributed by atoms with Crippen molar-refractivity contribution in [3.8, 4) is 11.1 Å². The van der Waals surface area contributed by atoms with Gasteiger partial charge in [0.25, 0.3) is 0 Å². The maximum absolute atomic E-state index is 13.1. The summed E-state index contributed by atoms with van der Waals surface area (Å²) in [5.74, 6) is -1.19. The minimum Gasteiger partial charge on any atom is -0.480 e. The van der Waals surface area contributed by atoms with Gasteiger partial charge in [0.05, 0.1) is 26.6 Å². The predicted octanol–water partition coefficient (Wildman–Crippen LogP) is 6.23. The topological polar surface area (TPSA) is 59.3 Å². The van der Waals surface area contributed by atoms with Gasteiger partial charge >= 0.3 is 12.1 Å². The average Bonchev–Trinajstić information content (AvgIpc) is 2.72. The third kappa shape index (κ3) is 3.75. The zero-order chi connectivity index (χ0) is 22.5. The molecule has 0 unspecified atom stereocenters. The van der Waals surface area contributed by atoms with Crippen molar-refractivity contribution >= 4 is 51.0 Å². The van der Waals surface area contributed by atoms with E-state index in [1.54, 1.807) is 0 Å². The lowest BCUT2D eigenvalue weighted by atomic mass is 10.00. The summed E-state index contributed by atoms with van der Waals surface area (Å²) in [6, 6.07) is 12.1. The van der Waals surface area contributed by atoms with Crippen LogP contribution in [0.1, 0.15) is 5.56 Å². The van der Waals surface area contributed by atoms with Crippen LogP contribution in [0.15, 0.2) is 59.4 Å². The van der Waals surface area contributed by atoms with Crippen molar-refractivity contribution in [3.63, 3.8) is 0 Å². The van der Waals surface area contributed by atoms with Gasteiger partial charge in [-0.1, -0.05) is 41.4 Å². The van der Waals surface area contributed by atoms with E-state index < -0.39 is 24.3 Å². The van der Waals surface area contributed by atoms with Crippen molar-refractivity contribution in [2.24, 2.45) is 0 Å². The molecule has 0 bridgehead atoms. The normalized spacial score (nSPS) is 11.9. The molecule has 0 fully saturated rings. The first-order valence-corrected chi connectivity index (χ1v) is 9.67. The molecule has 0 radical (unpaired) electrons. The molecule has 4 rings (SSSR count). The third-order valence-corrected chi connectivity index (χ3v) is 5.73. The summed E-state index contributed by atoms with van der Waals surface area (Å²) in [5, 5.41) is 9.99. The molecule has 0 spiro atoms. The van der Waals surface area contributed by atoms with Crippen molar-refractivity contribution in [1.29, 1.82) is 0 Å². The Bertz CT molecular complexity index is 1430. The lowest BCUT2D eigenvalue weighted by Crippen LogP contribution is -2.16. The fourth-order valence-corrected chi connectivity index (χ4v) is 3.97. The molecule has 1 N–H and O–H groups in total. The Labute approximate surface area is 183 Å². The number of hydrogen-bond acceptors (Lipinski definition) is 2. The van der Waals surface area contributed by atoms with E-state index in [4.69, 9.17) is 23.2 Å². The number of carboxylic acids is 1. The molecular weight excluding hydrogens is 454 g/mol. The Morgan fingerprint density at radius 1 is 0.968 bits per heavy atom. The summed E-state index contributed by atoms with van der Waals surface area (Å²) in [7, 11) is 0. The van der Waals surface area contributed by atoms with Gasteiger partial charge in [-0.2, -0.15) is 13.2 Å². The predicted molar refractivity (Wildman–Crippen MR) is 114 cm³/mol. The van der Waals surface area contributed by atoms with Gasteiger partial charge in [-0.25, -0.2) is 0 Å². The van der Waals surface area contributed by atoms with E-state index in [1.807, 2.05) is 0 Å². The number of benzene rings is 3. The summed E-state index contributed by atoms with van der Waals surface area (Å²) in [4.78, 5) is 24.6. The number of halogens is 5. The third-order valence-electron chi connectivity index (χ3n) is 4.93. The van der Waals surface area contributed by atoms with Crippen LogP contribution in [0.2, 0.25) is 10.0 Å². The van der Waals surface area contributed by atoms with Crippen LogP contribution in [-0.2, 0) is 17.5 Å². The molecule has 1 heterocycles. The molecule has 3 aromatic carbocycles. The number of pyridine rings is 1. The van der Waals surface area contributed by atoms with Crippen LogP contribution in [0, 0.1) is 0 Å². The molecule has 4 aromatic rings. The molecule has 0 saturated carbocycles. The summed E-state index contributed by atoms with van der Waals surface area (Å²) in [6.45, 7) is -0.528. The van der Waals surface area contributed by atoms with E-state index in [2.05, 4.69) is 0 Å². The van der Waals surface area contributed by atoms with E-state index in [-0.39, 0.29) is 42.8 Å². The van der Waals surface area contributed by atoms with Crippen LogP contribution in [0.3, 0.4) is 0 Å². The van der Waals surface area contributed by atoms with Gasteiger partial charge in [0.2, 0.25) is 0 Å². The van der Waals surface area contributed by atoms with Crippen LogP contribution < -0.4 is 5.43 Å². The second-order valence-corrected chi connectivity index (χ2v) is 7.66. The smallest absolute Gasteiger partial charge is 0.416 e. The summed E-state index contributed by atoms with van der Waals surface area (Å²) in [6.07, 6.45) is -4.52. The highest BCUT2D eigenvalue weighted by atomic mass is 35.5. The zero-order valence-corrected chi connectivity index (χ0v) is 17.0. The van der Waals surface area contributed by atoms with Crippen molar-refractivity contribution in [1.82, 2.24) is 4.57 Å². The Hall–Kier alpha value is -3.03. The molecule has 0 aliphatic rings. The fourth-order valence-electron chi connectivity index (χ4n) is 3.55. The van der Waals surface area contributed by atoms with Gasteiger partial charge in [0.1, 0.15) is 6.54 Å². The van der Waals surface area contributed by atoms with Crippen molar-refractivity contribution in [3.05, 3.63) is 80.4 Å². The van der Waals surface area contributed by atoms with Crippen molar-refractivity contribution in [2.45, 2.75) is 12.7 Å². The molecular formula is C22H12Cl2F3NO3. The van der Waals surface area contributed by atoms with Crippen LogP contribution in [-0.4, -0.2) is 15.6 Å². The van der Waals surface area contributed by atoms with Gasteiger partial charge in [-0.05, 0) is 47.5 Å². The molecule has 0 amide bonds. The largest absolute Gasteiger partial charge is 0.480 e. The first-order valence-electron chi connectivity index (χ1n) is 8.91. The highest BCUT2D eigenvalue weighted by Crippen LogP contribution is 2.35. The van der Waals surface area contributed by atoms with E-state index in [0.717, 1.165) is 12.1 Å². The summed E-state index contributed by atoms with van der Waals surface area (Å²) in [5.41, 5.74) is -0.186. The molecule has 9 heteroatoms. The molecule has 0 saturated heterocycles. The second kappa shape index (κ2) is 7.59. The summed E-state index contributed by atoms with van der Waals surface area (Å²) < 4.78 is 40.7. The van der Waals surface area contributed by atoms with E-state index in [0.29, 0.717) is 5.56 Å². The number of hydrogen-bond donors (Lipinski definition) is 1. The average molecular weight is 466 g/mol. The molecule has 0 atom stereocenters. The standard InChI is InChI=1S/C22H12Cl2F3NO3/c23-16-7-6-15-20(19(16)24)28(10-18(29)30)17-9-12(4-5-14(17)21(15)31)11-2-1-3-13(8-11)22(25,26)27/h1-9H,10H2,(H,29,30). The quantitative estimate of drug-likeness (QED) is 0.364. The Morgan fingerprint density at radius 3 is 2.32 bits per heavy atom. The number of carboxylic acid groups (broad SMARTS) is 1. The number of carbonyl (C=O) groups is 1. The van der Waals surface area contributed by atoms with E-state index in [9.17, 15) is 27.9 Å². The Morgan fingerprint density at radius 2 is 1.65 bits per heavy atom. The van der Waals surface area contributed by atoms with Crippen molar-refractivity contribution < 1.29 is 23.1 Å². The van der Waals surface area contributed by atoms with Gasteiger partial charge in [0, 0.05) is 10.8 Å². The lowest BCUT2D eigenvalue weighted by molar-refractivity contribution is -0.138. The maximum atomic E-state index is 13.1. The highest BCUT2D eigenvalue weighted by Gasteiger charge is 2.30. The number of fused-ring (bicyclic) bond motifs is 2. The molecule has 1 aromatic heterocycles. The molecule has 31 heavy (non-hydrogen) atoms. The number of rotatable bonds is 3. The Kier molecular flexibility index (Phi) is 5.19. The lowest BCUT2D eigenvalue weighted by Gasteiger charge is -2.16. The number of aromatic nitrogens is 1. The monoisotopic (exact) mass is 465 g/mol. The highest BCUT2D eigenvalue weighted by molar-refractivity contribution is 6.45. The van der Waals surface area contributed by atoms with E-state index in [1.165, 1.54) is 47.0 Å². The first kappa shape index (κ1) is 21.2. The molecule has 158 valence electrons. The minimum absolute atomic E-state index is 0.0175. The number of aliphatic carboxylic acids is 1. The molecule has 4 nitrogen and oxygen atoms in total.